The van der Waals surface area contributed by atoms with Crippen LogP contribution >= 0.6 is 0 Å². The average Bonchev–Trinajstić information content (AvgIpc) is 2.26. The SMILES string of the molecule is Nc1cc([N+](=O)[O-])ccc1N(CCO)CC(F)(F)F. The molecule has 0 bridgehead atoms. The smallest absolute Gasteiger partial charge is 0.397 e. The summed E-state index contributed by atoms with van der Waals surface area (Å²) < 4.78 is 37.1. The number of aliphatic hydroxyl groups excluding tert-OH is 1. The molecule has 0 unspecified atom stereocenters. The van der Waals surface area contributed by atoms with Crippen molar-refractivity contribution in [2.24, 2.45) is 0 Å². The molecule has 0 aliphatic carbocycles. The molecule has 6 nitrogen and oxygen atoms in total. The molecule has 0 saturated carbocycles. The van der Waals surface area contributed by atoms with Crippen LogP contribution < -0.4 is 10.6 Å². The van der Waals surface area contributed by atoms with Gasteiger partial charge in [0.25, 0.3) is 5.69 Å². The second kappa shape index (κ2) is 5.74. The van der Waals surface area contributed by atoms with Crippen molar-refractivity contribution < 1.29 is 23.2 Å². The van der Waals surface area contributed by atoms with Crippen molar-refractivity contribution in [1.29, 1.82) is 0 Å². The number of hydrogen-bond donors (Lipinski definition) is 2. The number of nitrogens with zero attached hydrogens (tertiary/aromatic N) is 2. The van der Waals surface area contributed by atoms with E-state index in [1.54, 1.807) is 0 Å². The summed E-state index contributed by atoms with van der Waals surface area (Å²) in [5, 5.41) is 19.3. The number of non-ortho nitro benzene ring substituents is 1. The number of anilines is 2. The lowest BCUT2D eigenvalue weighted by Gasteiger charge is -2.26. The van der Waals surface area contributed by atoms with E-state index in [-0.39, 0.29) is 23.6 Å². The number of aliphatic hydroxyl groups is 1. The normalized spacial score (nSPS) is 11.4. The van der Waals surface area contributed by atoms with Crippen LogP contribution in [0.2, 0.25) is 0 Å². The topological polar surface area (TPSA) is 92.6 Å². The predicted octanol–water partition coefficient (Wildman–Crippen LogP) is 1.54. The first-order valence-corrected chi connectivity index (χ1v) is 5.21. The Balaban J connectivity index is 3.06. The number of halogens is 3. The van der Waals surface area contributed by atoms with Crippen molar-refractivity contribution >= 4 is 17.1 Å². The zero-order valence-corrected chi connectivity index (χ0v) is 9.72. The fraction of sp³-hybridized carbons (Fsp3) is 0.400. The van der Waals surface area contributed by atoms with E-state index >= 15 is 0 Å². The second-order valence-electron chi connectivity index (χ2n) is 3.76. The number of nitrogens with two attached hydrogens (primary N) is 1. The number of alkyl halides is 3. The van der Waals surface area contributed by atoms with Crippen molar-refractivity contribution in [3.8, 4) is 0 Å². The van der Waals surface area contributed by atoms with Crippen LogP contribution in [-0.4, -0.2) is 35.9 Å². The average molecular weight is 279 g/mol. The molecule has 9 heteroatoms. The molecule has 0 aliphatic heterocycles. The Bertz CT molecular complexity index is 465. The van der Waals surface area contributed by atoms with Gasteiger partial charge in [0.1, 0.15) is 6.54 Å². The molecule has 0 atom stereocenters. The van der Waals surface area contributed by atoms with Gasteiger partial charge >= 0.3 is 6.18 Å². The fourth-order valence-corrected chi connectivity index (χ4v) is 1.57. The van der Waals surface area contributed by atoms with Gasteiger partial charge in [-0.2, -0.15) is 13.2 Å². The van der Waals surface area contributed by atoms with Gasteiger partial charge in [-0.1, -0.05) is 0 Å². The van der Waals surface area contributed by atoms with Gasteiger partial charge in [-0.25, -0.2) is 0 Å². The number of nitro groups is 1. The van der Waals surface area contributed by atoms with E-state index in [9.17, 15) is 23.3 Å². The third kappa shape index (κ3) is 4.28. The molecule has 1 rings (SSSR count). The highest BCUT2D eigenvalue weighted by Crippen LogP contribution is 2.29. The van der Waals surface area contributed by atoms with Gasteiger partial charge < -0.3 is 15.7 Å². The zero-order chi connectivity index (χ0) is 14.6. The molecule has 3 N–H and O–H groups in total. The Labute approximate surface area is 106 Å². The van der Waals surface area contributed by atoms with E-state index in [2.05, 4.69) is 0 Å². The summed E-state index contributed by atoms with van der Waals surface area (Å²) in [7, 11) is 0. The van der Waals surface area contributed by atoms with Crippen LogP contribution in [0, 0.1) is 10.1 Å². The standard InChI is InChI=1S/C10H12F3N3O3/c11-10(12,13)6-15(3-4-17)9-2-1-7(16(18)19)5-8(9)14/h1-2,5,17H,3-4,6,14H2. The van der Waals surface area contributed by atoms with Gasteiger partial charge in [0.15, 0.2) is 0 Å². The molecule has 0 spiro atoms. The third-order valence-corrected chi connectivity index (χ3v) is 2.30. The Morgan fingerprint density at radius 2 is 2.05 bits per heavy atom. The summed E-state index contributed by atoms with van der Waals surface area (Å²) in [5.41, 5.74) is 5.06. The quantitative estimate of drug-likeness (QED) is 0.484. The number of nitrogen functional groups attached to an aromatic ring is 1. The van der Waals surface area contributed by atoms with Crippen LogP contribution in [0.4, 0.5) is 30.2 Å². The number of hydrogen-bond acceptors (Lipinski definition) is 5. The van der Waals surface area contributed by atoms with Gasteiger partial charge in [0.2, 0.25) is 0 Å². The van der Waals surface area contributed by atoms with Gasteiger partial charge in [0.05, 0.1) is 22.9 Å². The van der Waals surface area contributed by atoms with Crippen molar-refractivity contribution in [2.45, 2.75) is 6.18 Å². The molecule has 1 aromatic rings. The molecule has 0 radical (unpaired) electrons. The largest absolute Gasteiger partial charge is 0.405 e. The van der Waals surface area contributed by atoms with E-state index in [1.807, 2.05) is 0 Å². The predicted molar refractivity (Wildman–Crippen MR) is 62.9 cm³/mol. The summed E-state index contributed by atoms with van der Waals surface area (Å²) in [4.78, 5) is 10.6. The maximum Gasteiger partial charge on any atom is 0.405 e. The maximum atomic E-state index is 12.4. The van der Waals surface area contributed by atoms with Gasteiger partial charge in [-0.05, 0) is 6.07 Å². The molecule has 106 valence electrons. The maximum absolute atomic E-state index is 12.4. The van der Waals surface area contributed by atoms with E-state index in [0.29, 0.717) is 0 Å². The lowest BCUT2D eigenvalue weighted by molar-refractivity contribution is -0.384. The molecule has 0 aromatic heterocycles. The van der Waals surface area contributed by atoms with Gasteiger partial charge in [-0.15, -0.1) is 0 Å². The molecule has 0 fully saturated rings. The van der Waals surface area contributed by atoms with Crippen LogP contribution in [0.1, 0.15) is 0 Å². The van der Waals surface area contributed by atoms with Crippen LogP contribution in [0.25, 0.3) is 0 Å². The van der Waals surface area contributed by atoms with Crippen LogP contribution in [-0.2, 0) is 0 Å². The number of rotatable bonds is 5. The summed E-state index contributed by atoms with van der Waals surface area (Å²) >= 11 is 0. The number of benzene rings is 1. The van der Waals surface area contributed by atoms with E-state index < -0.39 is 24.3 Å². The van der Waals surface area contributed by atoms with Gasteiger partial charge in [-0.3, -0.25) is 10.1 Å². The third-order valence-electron chi connectivity index (χ3n) is 2.30. The Morgan fingerprint density at radius 3 is 2.47 bits per heavy atom. The summed E-state index contributed by atoms with van der Waals surface area (Å²) in [6, 6.07) is 3.18. The summed E-state index contributed by atoms with van der Waals surface area (Å²) in [6.45, 7) is -2.07. The first-order chi connectivity index (χ1) is 8.74. The molecule has 1 aromatic carbocycles. The van der Waals surface area contributed by atoms with E-state index in [1.165, 1.54) is 0 Å². The summed E-state index contributed by atoms with van der Waals surface area (Å²) in [6.07, 6.45) is -4.47. The molecule has 0 heterocycles. The zero-order valence-electron chi connectivity index (χ0n) is 9.72. The van der Waals surface area contributed by atoms with Crippen molar-refractivity contribution in [1.82, 2.24) is 0 Å². The van der Waals surface area contributed by atoms with Crippen molar-refractivity contribution in [2.75, 3.05) is 30.3 Å². The lowest BCUT2D eigenvalue weighted by Crippen LogP contribution is -2.36. The van der Waals surface area contributed by atoms with Crippen LogP contribution in [0.3, 0.4) is 0 Å². The van der Waals surface area contributed by atoms with E-state index in [0.717, 1.165) is 23.1 Å². The second-order valence-corrected chi connectivity index (χ2v) is 3.76. The Morgan fingerprint density at radius 1 is 1.42 bits per heavy atom. The molecule has 0 saturated heterocycles. The molecule has 0 amide bonds. The Hall–Kier alpha value is -2.03. The highest BCUT2D eigenvalue weighted by Gasteiger charge is 2.31. The minimum absolute atomic E-state index is 0.00280. The Kier molecular flexibility index (Phi) is 4.54. The van der Waals surface area contributed by atoms with Crippen molar-refractivity contribution in [3.05, 3.63) is 28.3 Å². The highest BCUT2D eigenvalue weighted by molar-refractivity contribution is 5.70. The minimum Gasteiger partial charge on any atom is -0.397 e. The van der Waals surface area contributed by atoms with Gasteiger partial charge in [0, 0.05) is 18.7 Å². The van der Waals surface area contributed by atoms with Crippen molar-refractivity contribution in [3.63, 3.8) is 0 Å². The first kappa shape index (κ1) is 15.0. The first-order valence-electron chi connectivity index (χ1n) is 5.21. The molecule has 19 heavy (non-hydrogen) atoms. The fourth-order valence-electron chi connectivity index (χ4n) is 1.57. The molecular weight excluding hydrogens is 267 g/mol. The highest BCUT2D eigenvalue weighted by atomic mass is 19.4. The number of nitro benzene ring substituents is 1. The van der Waals surface area contributed by atoms with Crippen LogP contribution in [0.5, 0.6) is 0 Å². The molecule has 0 aliphatic rings. The minimum atomic E-state index is -4.47. The van der Waals surface area contributed by atoms with Crippen LogP contribution in [0.15, 0.2) is 18.2 Å². The lowest BCUT2D eigenvalue weighted by atomic mass is 10.2. The molecular formula is C10H12F3N3O3. The summed E-state index contributed by atoms with van der Waals surface area (Å²) in [5.74, 6) is 0. The monoisotopic (exact) mass is 279 g/mol. The van der Waals surface area contributed by atoms with E-state index in [4.69, 9.17) is 10.8 Å².